The van der Waals surface area contributed by atoms with E-state index in [2.05, 4.69) is 31.2 Å². The van der Waals surface area contributed by atoms with E-state index in [9.17, 15) is 18.0 Å². The number of hydrogen-bond acceptors (Lipinski definition) is 6. The van der Waals surface area contributed by atoms with Gasteiger partial charge in [0.25, 0.3) is 5.78 Å². The number of benzene rings is 3. The Morgan fingerprint density at radius 3 is 2.15 bits per heavy atom. The quantitative estimate of drug-likeness (QED) is 0.0961. The summed E-state index contributed by atoms with van der Waals surface area (Å²) in [6.07, 6.45) is 3.25. The average Bonchev–Trinajstić information content (AvgIpc) is 3.08. The summed E-state index contributed by atoms with van der Waals surface area (Å²) in [6.45, 7) is 3.73. The number of carbonyl (C=O) groups is 1. The number of hydrogen-bond donors (Lipinski definition) is 0. The van der Waals surface area contributed by atoms with Crippen LogP contribution in [0.5, 0.6) is 11.5 Å². The van der Waals surface area contributed by atoms with Crippen molar-refractivity contribution in [2.45, 2.75) is 89.4 Å². The minimum absolute atomic E-state index is 0.0956. The Labute approximate surface area is 270 Å². The maximum atomic E-state index is 12.7. The zero-order valence-corrected chi connectivity index (χ0v) is 26.5. The van der Waals surface area contributed by atoms with Gasteiger partial charge in [0.1, 0.15) is 30.8 Å². The molecule has 1 heterocycles. The van der Waals surface area contributed by atoms with Crippen molar-refractivity contribution in [3.63, 3.8) is 0 Å². The van der Waals surface area contributed by atoms with Gasteiger partial charge in [-0.05, 0) is 92.5 Å². The van der Waals surface area contributed by atoms with Gasteiger partial charge >= 0.3 is 6.18 Å². The van der Waals surface area contributed by atoms with Crippen molar-refractivity contribution in [1.29, 1.82) is 0 Å². The molecular formula is C37H45F3O6. The summed E-state index contributed by atoms with van der Waals surface area (Å²) >= 11 is 0. The van der Waals surface area contributed by atoms with Gasteiger partial charge in [-0.2, -0.15) is 13.2 Å². The number of ether oxygens (including phenoxy) is 5. The van der Waals surface area contributed by atoms with Gasteiger partial charge in [0, 0.05) is 18.8 Å². The van der Waals surface area contributed by atoms with E-state index in [1.54, 1.807) is 0 Å². The fraction of sp³-hybridized carbons (Fsp3) is 0.486. The summed E-state index contributed by atoms with van der Waals surface area (Å²) in [5, 5.41) is 0. The first-order chi connectivity index (χ1) is 22.3. The third-order valence-corrected chi connectivity index (χ3v) is 7.83. The standard InChI is InChI=1S/C37H45F3O6/c1-2-3-8-24-42-33(27-45-32-22-18-30(19-23-32)36(41)37(38,39)40)26-44-31-20-16-29(17-21-31)34(46-35-15-7-9-25-43-35)14-10-13-28-11-5-4-6-12-28/h4-6,11-12,16-23,33-35H,2-3,7-10,13-15,24-27H2,1H3. The first kappa shape index (κ1) is 35.5. The molecule has 250 valence electrons. The van der Waals surface area contributed by atoms with Crippen LogP contribution in [0.2, 0.25) is 0 Å². The first-order valence-corrected chi connectivity index (χ1v) is 16.3. The molecule has 4 rings (SSSR count). The molecule has 1 fully saturated rings. The summed E-state index contributed by atoms with van der Waals surface area (Å²) in [5.41, 5.74) is 1.94. The number of halogens is 3. The fourth-order valence-electron chi connectivity index (χ4n) is 5.22. The number of alkyl halides is 3. The third-order valence-electron chi connectivity index (χ3n) is 7.83. The molecule has 0 saturated carbocycles. The molecular weight excluding hydrogens is 597 g/mol. The molecule has 0 aliphatic carbocycles. The molecule has 3 unspecified atom stereocenters. The second-order valence-corrected chi connectivity index (χ2v) is 11.5. The van der Waals surface area contributed by atoms with Gasteiger partial charge < -0.3 is 23.7 Å². The van der Waals surface area contributed by atoms with Crippen LogP contribution in [-0.2, 0) is 20.6 Å². The van der Waals surface area contributed by atoms with Crippen molar-refractivity contribution in [3.05, 3.63) is 95.6 Å². The van der Waals surface area contributed by atoms with Gasteiger partial charge in [-0.15, -0.1) is 0 Å². The lowest BCUT2D eigenvalue weighted by atomic mass is 10.0. The van der Waals surface area contributed by atoms with Crippen LogP contribution in [-0.4, -0.2) is 50.8 Å². The highest BCUT2D eigenvalue weighted by Gasteiger charge is 2.39. The number of Topliss-reactive ketones (excluding diaryl/α,β-unsaturated/α-hetero) is 1. The lowest BCUT2D eigenvalue weighted by Crippen LogP contribution is -2.29. The Balaban J connectivity index is 1.33. The van der Waals surface area contributed by atoms with Crippen molar-refractivity contribution < 1.29 is 41.7 Å². The Morgan fingerprint density at radius 2 is 1.54 bits per heavy atom. The second-order valence-electron chi connectivity index (χ2n) is 11.5. The number of rotatable bonds is 19. The van der Waals surface area contributed by atoms with Crippen molar-refractivity contribution in [3.8, 4) is 11.5 Å². The molecule has 9 heteroatoms. The molecule has 0 bridgehead atoms. The second kappa shape index (κ2) is 18.7. The van der Waals surface area contributed by atoms with E-state index < -0.39 is 23.6 Å². The molecule has 1 aliphatic heterocycles. The molecule has 3 aromatic carbocycles. The van der Waals surface area contributed by atoms with Crippen LogP contribution in [0.1, 0.15) is 85.9 Å². The summed E-state index contributed by atoms with van der Waals surface area (Å²) in [6, 6.07) is 23.3. The summed E-state index contributed by atoms with van der Waals surface area (Å²) in [5.74, 6) is -0.869. The lowest BCUT2D eigenvalue weighted by molar-refractivity contribution is -0.191. The topological polar surface area (TPSA) is 63.2 Å². The average molecular weight is 643 g/mol. The van der Waals surface area contributed by atoms with Crippen LogP contribution in [0.25, 0.3) is 0 Å². The van der Waals surface area contributed by atoms with E-state index in [1.165, 1.54) is 17.7 Å². The SMILES string of the molecule is CCCCCOC(COc1ccc(C(=O)C(F)(F)F)cc1)COc1ccc(C(CCCc2ccccc2)OC2CCCCO2)cc1. The van der Waals surface area contributed by atoms with Crippen LogP contribution >= 0.6 is 0 Å². The normalized spacial score (nSPS) is 16.5. The molecule has 0 N–H and O–H groups in total. The van der Waals surface area contributed by atoms with E-state index >= 15 is 0 Å². The van der Waals surface area contributed by atoms with Gasteiger partial charge in [-0.1, -0.05) is 62.2 Å². The number of unbranched alkanes of at least 4 members (excludes halogenated alkanes) is 2. The molecule has 0 amide bonds. The molecule has 0 aromatic heterocycles. The minimum Gasteiger partial charge on any atom is -0.491 e. The van der Waals surface area contributed by atoms with Gasteiger partial charge in [-0.3, -0.25) is 4.79 Å². The van der Waals surface area contributed by atoms with Crippen molar-refractivity contribution in [2.24, 2.45) is 0 Å². The molecule has 0 radical (unpaired) electrons. The van der Waals surface area contributed by atoms with Crippen LogP contribution in [0.3, 0.4) is 0 Å². The summed E-state index contributed by atoms with van der Waals surface area (Å²) in [7, 11) is 0. The highest BCUT2D eigenvalue weighted by Crippen LogP contribution is 2.30. The largest absolute Gasteiger partial charge is 0.491 e. The number of carbonyl (C=O) groups excluding carboxylic acids is 1. The smallest absolute Gasteiger partial charge is 0.454 e. The van der Waals surface area contributed by atoms with Crippen LogP contribution in [0.4, 0.5) is 13.2 Å². The fourth-order valence-corrected chi connectivity index (χ4v) is 5.22. The van der Waals surface area contributed by atoms with Crippen molar-refractivity contribution in [1.82, 2.24) is 0 Å². The lowest BCUT2D eigenvalue weighted by Gasteiger charge is -2.28. The Morgan fingerprint density at radius 1 is 0.870 bits per heavy atom. The monoisotopic (exact) mass is 642 g/mol. The number of ketones is 1. The van der Waals surface area contributed by atoms with E-state index in [-0.39, 0.29) is 25.6 Å². The maximum Gasteiger partial charge on any atom is 0.454 e. The summed E-state index contributed by atoms with van der Waals surface area (Å²) < 4.78 is 68.4. The van der Waals surface area contributed by atoms with E-state index in [1.807, 2.05) is 30.3 Å². The Kier molecular flexibility index (Phi) is 14.4. The van der Waals surface area contributed by atoms with Gasteiger partial charge in [0.15, 0.2) is 6.29 Å². The predicted octanol–water partition coefficient (Wildman–Crippen LogP) is 9.07. The highest BCUT2D eigenvalue weighted by atomic mass is 19.4. The molecule has 0 spiro atoms. The zero-order valence-electron chi connectivity index (χ0n) is 26.5. The van der Waals surface area contributed by atoms with Crippen LogP contribution < -0.4 is 9.47 Å². The maximum absolute atomic E-state index is 12.7. The summed E-state index contributed by atoms with van der Waals surface area (Å²) in [4.78, 5) is 11.5. The first-order valence-electron chi connectivity index (χ1n) is 16.3. The van der Waals surface area contributed by atoms with Gasteiger partial charge in [0.05, 0.1) is 6.10 Å². The Bertz CT molecular complexity index is 1280. The van der Waals surface area contributed by atoms with Gasteiger partial charge in [-0.25, -0.2) is 0 Å². The van der Waals surface area contributed by atoms with E-state index in [0.717, 1.165) is 82.1 Å². The van der Waals surface area contributed by atoms with Crippen LogP contribution in [0, 0.1) is 0 Å². The van der Waals surface area contributed by atoms with Crippen molar-refractivity contribution in [2.75, 3.05) is 26.4 Å². The van der Waals surface area contributed by atoms with Crippen molar-refractivity contribution >= 4 is 5.78 Å². The van der Waals surface area contributed by atoms with E-state index in [0.29, 0.717) is 18.1 Å². The molecule has 3 atom stereocenters. The van der Waals surface area contributed by atoms with E-state index in [4.69, 9.17) is 23.7 Å². The molecule has 3 aromatic rings. The minimum atomic E-state index is -4.92. The zero-order chi connectivity index (χ0) is 32.6. The molecule has 6 nitrogen and oxygen atoms in total. The van der Waals surface area contributed by atoms with Gasteiger partial charge in [0.2, 0.25) is 0 Å². The third kappa shape index (κ3) is 12.1. The highest BCUT2D eigenvalue weighted by molar-refractivity contribution is 6.00. The Hall–Kier alpha value is -3.40. The number of aryl methyl sites for hydroxylation is 1. The molecule has 1 saturated heterocycles. The molecule has 1 aliphatic rings. The van der Waals surface area contributed by atoms with Crippen LogP contribution in [0.15, 0.2) is 78.9 Å². The predicted molar refractivity (Wildman–Crippen MR) is 170 cm³/mol. The molecule has 46 heavy (non-hydrogen) atoms.